The molecule has 0 atom stereocenters. The first-order valence-electron chi connectivity index (χ1n) is 5.86. The van der Waals surface area contributed by atoms with Crippen molar-refractivity contribution in [1.29, 1.82) is 0 Å². The minimum atomic E-state index is -0.474. The number of halogens is 1. The molecule has 2 nitrogen and oxygen atoms in total. The summed E-state index contributed by atoms with van der Waals surface area (Å²) >= 11 is 5.59. The molecule has 1 fully saturated rings. The van der Waals surface area contributed by atoms with Gasteiger partial charge >= 0.3 is 5.97 Å². The van der Waals surface area contributed by atoms with Crippen LogP contribution in [0.15, 0.2) is 11.6 Å². The van der Waals surface area contributed by atoms with E-state index >= 15 is 0 Å². The van der Waals surface area contributed by atoms with Crippen molar-refractivity contribution in [2.75, 3.05) is 0 Å². The van der Waals surface area contributed by atoms with Crippen molar-refractivity contribution in [3.8, 4) is 0 Å². The predicted molar refractivity (Wildman–Crippen MR) is 66.4 cm³/mol. The van der Waals surface area contributed by atoms with E-state index in [1.165, 1.54) is 6.42 Å². The zero-order valence-corrected chi connectivity index (χ0v) is 11.2. The Morgan fingerprint density at radius 2 is 1.75 bits per heavy atom. The third kappa shape index (κ3) is 2.79. The zero-order chi connectivity index (χ0) is 12.4. The monoisotopic (exact) mass is 244 g/mol. The zero-order valence-electron chi connectivity index (χ0n) is 10.4. The molecule has 0 amide bonds. The summed E-state index contributed by atoms with van der Waals surface area (Å²) in [6, 6.07) is 0. The summed E-state index contributed by atoms with van der Waals surface area (Å²) in [6.07, 6.45) is 5.29. The van der Waals surface area contributed by atoms with E-state index in [4.69, 9.17) is 16.3 Å². The van der Waals surface area contributed by atoms with Gasteiger partial charge in [-0.1, -0.05) is 45.4 Å². The Hall–Kier alpha value is -0.500. The number of hydrogen-bond acceptors (Lipinski definition) is 2. The first-order chi connectivity index (χ1) is 7.28. The molecular formula is C13H21ClO2. The van der Waals surface area contributed by atoms with Gasteiger partial charge in [0.25, 0.3) is 0 Å². The Balaban J connectivity index is 2.87. The molecule has 0 aromatic heterocycles. The van der Waals surface area contributed by atoms with E-state index in [1.54, 1.807) is 0 Å². The molecule has 0 radical (unpaired) electrons. The quantitative estimate of drug-likeness (QED) is 0.542. The van der Waals surface area contributed by atoms with Gasteiger partial charge in [0, 0.05) is 5.41 Å². The topological polar surface area (TPSA) is 26.3 Å². The van der Waals surface area contributed by atoms with Crippen LogP contribution < -0.4 is 0 Å². The van der Waals surface area contributed by atoms with Gasteiger partial charge in [0.2, 0.25) is 0 Å². The van der Waals surface area contributed by atoms with Crippen LogP contribution in [0.1, 0.15) is 52.9 Å². The maximum absolute atomic E-state index is 11.6. The van der Waals surface area contributed by atoms with Crippen molar-refractivity contribution < 1.29 is 9.53 Å². The molecule has 0 heterocycles. The second-order valence-electron chi connectivity index (χ2n) is 5.60. The van der Waals surface area contributed by atoms with Gasteiger partial charge < -0.3 is 4.74 Å². The lowest BCUT2D eigenvalue weighted by Gasteiger charge is -2.46. The normalized spacial score (nSPS) is 20.2. The molecule has 1 saturated carbocycles. The molecule has 16 heavy (non-hydrogen) atoms. The SMILES string of the molecule is C=C(Cl)C(=O)OC1(C(C)(C)C)CCCCC1. The molecule has 3 heteroatoms. The van der Waals surface area contributed by atoms with Gasteiger partial charge in [-0.15, -0.1) is 0 Å². The van der Waals surface area contributed by atoms with Crippen LogP contribution >= 0.6 is 11.6 Å². The Labute approximate surface area is 103 Å². The van der Waals surface area contributed by atoms with E-state index in [2.05, 4.69) is 27.4 Å². The molecular weight excluding hydrogens is 224 g/mol. The summed E-state index contributed by atoms with van der Waals surface area (Å²) in [5.41, 5.74) is -0.435. The fourth-order valence-electron chi connectivity index (χ4n) is 2.36. The standard InChI is InChI=1S/C13H21ClO2/c1-10(14)11(15)16-13(12(2,3)4)8-6-5-7-9-13/h1,5-9H2,2-4H3. The lowest BCUT2D eigenvalue weighted by atomic mass is 9.68. The van der Waals surface area contributed by atoms with Gasteiger partial charge in [0.15, 0.2) is 0 Å². The van der Waals surface area contributed by atoms with Gasteiger partial charge in [0.1, 0.15) is 10.6 Å². The Kier molecular flexibility index (Phi) is 4.06. The van der Waals surface area contributed by atoms with Crippen LogP contribution in [-0.2, 0) is 9.53 Å². The molecule has 0 unspecified atom stereocenters. The van der Waals surface area contributed by atoms with Crippen LogP contribution in [0.3, 0.4) is 0 Å². The summed E-state index contributed by atoms with van der Waals surface area (Å²) < 4.78 is 5.63. The van der Waals surface area contributed by atoms with E-state index in [9.17, 15) is 4.79 Å². The highest BCUT2D eigenvalue weighted by atomic mass is 35.5. The largest absolute Gasteiger partial charge is 0.454 e. The maximum atomic E-state index is 11.6. The van der Waals surface area contributed by atoms with Gasteiger partial charge in [0.05, 0.1) is 0 Å². The molecule has 92 valence electrons. The Morgan fingerprint density at radius 1 is 1.25 bits per heavy atom. The fourth-order valence-corrected chi connectivity index (χ4v) is 2.40. The average Bonchev–Trinajstić information content (AvgIpc) is 2.17. The van der Waals surface area contributed by atoms with Crippen molar-refractivity contribution in [1.82, 2.24) is 0 Å². The highest BCUT2D eigenvalue weighted by Gasteiger charge is 2.46. The van der Waals surface area contributed by atoms with Gasteiger partial charge in [-0.25, -0.2) is 4.79 Å². The van der Waals surface area contributed by atoms with E-state index in [-0.39, 0.29) is 16.0 Å². The van der Waals surface area contributed by atoms with Crippen molar-refractivity contribution >= 4 is 17.6 Å². The molecule has 0 aromatic rings. The molecule has 1 aliphatic carbocycles. The van der Waals surface area contributed by atoms with Crippen molar-refractivity contribution in [2.45, 2.75) is 58.5 Å². The van der Waals surface area contributed by atoms with Crippen molar-refractivity contribution in [2.24, 2.45) is 5.41 Å². The number of rotatable bonds is 2. The summed E-state index contributed by atoms with van der Waals surface area (Å²) in [4.78, 5) is 11.6. The predicted octanol–water partition coefficient (Wildman–Crippen LogP) is 4.03. The molecule has 1 rings (SSSR count). The van der Waals surface area contributed by atoms with E-state index < -0.39 is 5.97 Å². The minimum Gasteiger partial charge on any atom is -0.454 e. The van der Waals surface area contributed by atoms with Crippen LogP contribution in [-0.4, -0.2) is 11.6 Å². The highest BCUT2D eigenvalue weighted by molar-refractivity contribution is 6.40. The van der Waals surface area contributed by atoms with Crippen LogP contribution in [0.4, 0.5) is 0 Å². The maximum Gasteiger partial charge on any atom is 0.349 e. The third-order valence-corrected chi connectivity index (χ3v) is 3.69. The smallest absolute Gasteiger partial charge is 0.349 e. The van der Waals surface area contributed by atoms with E-state index in [0.29, 0.717) is 0 Å². The number of esters is 1. The summed E-state index contributed by atoms with van der Waals surface area (Å²) in [7, 11) is 0. The molecule has 0 N–H and O–H groups in total. The Bertz CT molecular complexity index is 283. The number of carbonyl (C=O) groups excluding carboxylic acids is 1. The van der Waals surface area contributed by atoms with Gasteiger partial charge in [-0.3, -0.25) is 0 Å². The highest BCUT2D eigenvalue weighted by Crippen LogP contribution is 2.45. The number of hydrogen-bond donors (Lipinski definition) is 0. The van der Waals surface area contributed by atoms with Crippen molar-refractivity contribution in [3.63, 3.8) is 0 Å². The third-order valence-electron chi connectivity index (χ3n) is 3.54. The molecule has 0 bridgehead atoms. The summed E-state index contributed by atoms with van der Waals surface area (Å²) in [6.45, 7) is 9.77. The molecule has 0 aliphatic heterocycles. The summed E-state index contributed by atoms with van der Waals surface area (Å²) in [5, 5.41) is -0.0331. The summed E-state index contributed by atoms with van der Waals surface area (Å²) in [5.74, 6) is -0.474. The van der Waals surface area contributed by atoms with E-state index in [0.717, 1.165) is 25.7 Å². The number of carbonyl (C=O) groups is 1. The molecule has 0 aromatic carbocycles. The van der Waals surface area contributed by atoms with Gasteiger partial charge in [-0.05, 0) is 25.7 Å². The second kappa shape index (κ2) is 4.79. The lowest BCUT2D eigenvalue weighted by Crippen LogP contribution is -2.48. The second-order valence-corrected chi connectivity index (χ2v) is 6.06. The molecule has 0 spiro atoms. The van der Waals surface area contributed by atoms with Crippen LogP contribution in [0.2, 0.25) is 0 Å². The Morgan fingerprint density at radius 3 is 2.12 bits per heavy atom. The van der Waals surface area contributed by atoms with Gasteiger partial charge in [-0.2, -0.15) is 0 Å². The first kappa shape index (κ1) is 13.6. The number of ether oxygens (including phenoxy) is 1. The lowest BCUT2D eigenvalue weighted by molar-refractivity contribution is -0.174. The fraction of sp³-hybridized carbons (Fsp3) is 0.769. The van der Waals surface area contributed by atoms with Crippen LogP contribution in [0.5, 0.6) is 0 Å². The van der Waals surface area contributed by atoms with Crippen LogP contribution in [0.25, 0.3) is 0 Å². The van der Waals surface area contributed by atoms with Crippen LogP contribution in [0, 0.1) is 5.41 Å². The van der Waals surface area contributed by atoms with Crippen molar-refractivity contribution in [3.05, 3.63) is 11.6 Å². The van der Waals surface area contributed by atoms with E-state index in [1.807, 2.05) is 0 Å². The molecule has 1 aliphatic rings. The molecule has 0 saturated heterocycles. The minimum absolute atomic E-state index is 0.0331. The first-order valence-corrected chi connectivity index (χ1v) is 6.24. The average molecular weight is 245 g/mol.